The molecule has 0 aliphatic carbocycles. The van der Waals surface area contributed by atoms with E-state index >= 15 is 0 Å². The van der Waals surface area contributed by atoms with Crippen molar-refractivity contribution < 1.29 is 23.8 Å². The molecule has 5 unspecified atom stereocenters. The first kappa shape index (κ1) is 29.4. The van der Waals surface area contributed by atoms with Crippen LogP contribution in [0.3, 0.4) is 0 Å². The lowest BCUT2D eigenvalue weighted by Crippen LogP contribution is -2.39. The SMILES string of the molecule is CCN(CC)CC.Nc1nc2c(nc(Sc3ccc(Cl)cc3)n2C2OC3COP(O)(=S)OC3C2O)c(=O)[nH]1. The van der Waals surface area contributed by atoms with Gasteiger partial charge in [0, 0.05) is 9.92 Å². The lowest BCUT2D eigenvalue weighted by Gasteiger charge is -2.30. The van der Waals surface area contributed by atoms with E-state index in [1.54, 1.807) is 24.3 Å². The number of hydrogen-bond donors (Lipinski definition) is 4. The van der Waals surface area contributed by atoms with E-state index in [2.05, 4.69) is 40.6 Å². The van der Waals surface area contributed by atoms with Crippen molar-refractivity contribution in [3.8, 4) is 0 Å². The maximum atomic E-state index is 12.4. The van der Waals surface area contributed by atoms with Crippen LogP contribution in [0.4, 0.5) is 5.95 Å². The Bertz CT molecular complexity index is 1370. The lowest BCUT2D eigenvalue weighted by molar-refractivity contribution is -0.0619. The van der Waals surface area contributed by atoms with Gasteiger partial charge in [-0.2, -0.15) is 4.98 Å². The molecule has 5 N–H and O–H groups in total. The van der Waals surface area contributed by atoms with E-state index in [0.717, 1.165) is 4.90 Å². The molecule has 2 aliphatic heterocycles. The van der Waals surface area contributed by atoms with E-state index in [-0.39, 0.29) is 23.7 Å². The molecule has 38 heavy (non-hydrogen) atoms. The highest BCUT2D eigenvalue weighted by atomic mass is 35.5. The number of aliphatic hydroxyl groups is 1. The molecular formula is C22H30ClN6O6PS2. The number of nitrogens with zero attached hydrogens (tertiary/aromatic N) is 4. The first-order valence-corrected chi connectivity index (χ1v) is 15.8. The van der Waals surface area contributed by atoms with Crippen LogP contribution in [0.25, 0.3) is 11.2 Å². The van der Waals surface area contributed by atoms with Gasteiger partial charge in [0.05, 0.1) is 6.61 Å². The van der Waals surface area contributed by atoms with Gasteiger partial charge in [0.15, 0.2) is 22.5 Å². The zero-order chi connectivity index (χ0) is 27.6. The fourth-order valence-electron chi connectivity index (χ4n) is 4.11. The van der Waals surface area contributed by atoms with Crippen molar-refractivity contribution in [2.24, 2.45) is 0 Å². The highest BCUT2D eigenvalue weighted by molar-refractivity contribution is 8.07. The Hall–Kier alpha value is -1.58. The van der Waals surface area contributed by atoms with Crippen LogP contribution in [0.1, 0.15) is 27.0 Å². The average Bonchev–Trinajstić information content (AvgIpc) is 3.38. The third kappa shape index (κ3) is 6.41. The summed E-state index contributed by atoms with van der Waals surface area (Å²) in [4.78, 5) is 36.6. The Morgan fingerprint density at radius 1 is 1.26 bits per heavy atom. The lowest BCUT2D eigenvalue weighted by atomic mass is 10.1. The predicted molar refractivity (Wildman–Crippen MR) is 149 cm³/mol. The fourth-order valence-corrected chi connectivity index (χ4v) is 6.59. The zero-order valence-corrected chi connectivity index (χ0v) is 24.3. The van der Waals surface area contributed by atoms with E-state index in [4.69, 9.17) is 42.9 Å². The smallest absolute Gasteiger partial charge is 0.325 e. The average molecular weight is 605 g/mol. The number of nitrogens with one attached hydrogen (secondary N) is 1. The quantitative estimate of drug-likeness (QED) is 0.305. The van der Waals surface area contributed by atoms with Crippen LogP contribution in [0, 0.1) is 0 Å². The molecule has 5 rings (SSSR count). The van der Waals surface area contributed by atoms with E-state index < -0.39 is 36.8 Å². The maximum absolute atomic E-state index is 12.4. The molecule has 16 heteroatoms. The van der Waals surface area contributed by atoms with E-state index in [9.17, 15) is 14.8 Å². The van der Waals surface area contributed by atoms with Crippen LogP contribution >= 0.6 is 30.1 Å². The molecule has 4 heterocycles. The molecule has 208 valence electrons. The maximum Gasteiger partial charge on any atom is 0.325 e. The topological polar surface area (TPSA) is 161 Å². The Labute approximate surface area is 233 Å². The number of aliphatic hydroxyl groups excluding tert-OH is 1. The molecule has 12 nitrogen and oxygen atoms in total. The Morgan fingerprint density at radius 2 is 1.92 bits per heavy atom. The fraction of sp³-hybridized carbons (Fsp3) is 0.500. The van der Waals surface area contributed by atoms with Gasteiger partial charge in [-0.25, -0.2) is 4.98 Å². The van der Waals surface area contributed by atoms with Gasteiger partial charge in [-0.05, 0) is 55.7 Å². The molecule has 2 saturated heterocycles. The third-order valence-electron chi connectivity index (χ3n) is 6.12. The number of aromatic nitrogens is 4. The van der Waals surface area contributed by atoms with E-state index in [1.165, 1.54) is 36.0 Å². The molecule has 0 spiro atoms. The summed E-state index contributed by atoms with van der Waals surface area (Å²) in [6.45, 7) is 6.61. The number of nitrogen functional groups attached to an aromatic ring is 1. The zero-order valence-electron chi connectivity index (χ0n) is 21.0. The first-order valence-electron chi connectivity index (χ1n) is 12.0. The molecule has 3 aromatic rings. The van der Waals surface area contributed by atoms with Crippen LogP contribution in [-0.2, 0) is 25.6 Å². The summed E-state index contributed by atoms with van der Waals surface area (Å²) < 4.78 is 18.0. The molecule has 5 atom stereocenters. The third-order valence-corrected chi connectivity index (χ3v) is 8.91. The van der Waals surface area contributed by atoms with Crippen molar-refractivity contribution in [1.82, 2.24) is 24.4 Å². The monoisotopic (exact) mass is 604 g/mol. The second-order valence-corrected chi connectivity index (χ2v) is 12.7. The summed E-state index contributed by atoms with van der Waals surface area (Å²) in [7, 11) is 0. The molecule has 2 fully saturated rings. The number of benzene rings is 1. The first-order chi connectivity index (χ1) is 18.1. The molecule has 2 aliphatic rings. The van der Waals surface area contributed by atoms with Gasteiger partial charge in [0.25, 0.3) is 5.56 Å². The molecule has 1 aromatic carbocycles. The summed E-state index contributed by atoms with van der Waals surface area (Å²) >= 11 is 12.1. The summed E-state index contributed by atoms with van der Waals surface area (Å²) in [5.74, 6) is -0.114. The van der Waals surface area contributed by atoms with Crippen LogP contribution in [0.2, 0.25) is 5.02 Å². The molecule has 0 saturated carbocycles. The number of fused-ring (bicyclic) bond motifs is 2. The van der Waals surface area contributed by atoms with Gasteiger partial charge in [-0.1, -0.05) is 44.1 Å². The van der Waals surface area contributed by atoms with Gasteiger partial charge in [0.2, 0.25) is 5.95 Å². The largest absolute Gasteiger partial charge is 0.386 e. The van der Waals surface area contributed by atoms with Crippen LogP contribution in [-0.4, -0.2) is 79.0 Å². The number of imidazole rings is 1. The Kier molecular flexibility index (Phi) is 9.51. The van der Waals surface area contributed by atoms with Gasteiger partial charge in [-0.3, -0.25) is 18.9 Å². The van der Waals surface area contributed by atoms with E-state index in [1.807, 2.05) is 0 Å². The van der Waals surface area contributed by atoms with Gasteiger partial charge < -0.3 is 29.9 Å². The minimum atomic E-state index is -3.47. The summed E-state index contributed by atoms with van der Waals surface area (Å²) in [5, 5.41) is 11.8. The second kappa shape index (κ2) is 12.3. The number of aromatic amines is 1. The summed E-state index contributed by atoms with van der Waals surface area (Å²) in [5.41, 5.74) is 5.36. The standard InChI is InChI=1S/C16H15ClN5O6PS2.C6H15N/c17-6-1-3-7(4-2-6)31-16-19-9-12(20-15(18)21-13(9)24)22(16)14-10(23)11-8(27-14)5-26-29(25,30)28-11;1-4-7(5-2)6-3/h1-4,8,10-11,14,23H,5H2,(H,25,30)(H3,18,20,21,24);4-6H2,1-3H3. The van der Waals surface area contributed by atoms with Gasteiger partial charge in [-0.15, -0.1) is 0 Å². The van der Waals surface area contributed by atoms with Crippen molar-refractivity contribution in [2.75, 3.05) is 32.0 Å². The number of halogens is 1. The molecular weight excluding hydrogens is 575 g/mol. The molecule has 0 radical (unpaired) electrons. The van der Waals surface area contributed by atoms with Crippen molar-refractivity contribution in [2.45, 2.75) is 55.4 Å². The minimum absolute atomic E-state index is 0.0285. The number of anilines is 1. The van der Waals surface area contributed by atoms with Crippen molar-refractivity contribution >= 4 is 59.0 Å². The number of H-pyrrole nitrogens is 1. The van der Waals surface area contributed by atoms with Gasteiger partial charge >= 0.3 is 6.72 Å². The Morgan fingerprint density at radius 3 is 2.53 bits per heavy atom. The van der Waals surface area contributed by atoms with Gasteiger partial charge in [0.1, 0.15) is 18.3 Å². The van der Waals surface area contributed by atoms with Crippen molar-refractivity contribution in [3.63, 3.8) is 0 Å². The van der Waals surface area contributed by atoms with E-state index in [0.29, 0.717) is 10.2 Å². The normalized spacial score (nSPS) is 26.8. The summed E-state index contributed by atoms with van der Waals surface area (Å²) in [6, 6.07) is 7.00. The second-order valence-electron chi connectivity index (χ2n) is 8.45. The van der Waals surface area contributed by atoms with Crippen molar-refractivity contribution in [1.29, 1.82) is 0 Å². The highest BCUT2D eigenvalue weighted by Gasteiger charge is 2.52. The minimum Gasteiger partial charge on any atom is -0.386 e. The number of rotatable bonds is 6. The van der Waals surface area contributed by atoms with Crippen LogP contribution in [0.15, 0.2) is 39.1 Å². The molecule has 0 amide bonds. The Balaban J connectivity index is 0.000000426. The van der Waals surface area contributed by atoms with Crippen molar-refractivity contribution in [3.05, 3.63) is 39.6 Å². The number of hydrogen-bond acceptors (Lipinski definition) is 11. The van der Waals surface area contributed by atoms with Crippen LogP contribution in [0.5, 0.6) is 0 Å². The number of ether oxygens (including phenoxy) is 1. The highest BCUT2D eigenvalue weighted by Crippen LogP contribution is 2.53. The molecule has 2 aromatic heterocycles. The number of nitrogens with two attached hydrogens (primary N) is 1. The predicted octanol–water partition coefficient (Wildman–Crippen LogP) is 2.75. The van der Waals surface area contributed by atoms with Crippen LogP contribution < -0.4 is 11.3 Å². The molecule has 0 bridgehead atoms. The summed E-state index contributed by atoms with van der Waals surface area (Å²) in [6.07, 6.45) is -3.89.